The predicted molar refractivity (Wildman–Crippen MR) is 51.5 cm³/mol. The van der Waals surface area contributed by atoms with Gasteiger partial charge >= 0.3 is 0 Å². The Balaban J connectivity index is 1.80. The first kappa shape index (κ1) is 10.5. The van der Waals surface area contributed by atoms with Crippen LogP contribution in [0.4, 0.5) is 0 Å². The Hall–Kier alpha value is -0.570. The van der Waals surface area contributed by atoms with Gasteiger partial charge in [-0.1, -0.05) is 6.92 Å². The van der Waals surface area contributed by atoms with Crippen molar-refractivity contribution in [3.63, 3.8) is 0 Å². The molecule has 3 nitrogen and oxygen atoms in total. The molecule has 1 amide bonds. The molecule has 0 aromatic rings. The molecule has 1 saturated carbocycles. The van der Waals surface area contributed by atoms with Crippen LogP contribution in [0.2, 0.25) is 0 Å². The Labute approximate surface area is 79.8 Å². The Kier molecular flexibility index (Phi) is 4.83. The van der Waals surface area contributed by atoms with E-state index in [2.05, 4.69) is 12.2 Å². The fourth-order valence-corrected chi connectivity index (χ4v) is 1.12. The largest absolute Gasteiger partial charge is 0.381 e. The van der Waals surface area contributed by atoms with Crippen LogP contribution in [-0.4, -0.2) is 25.7 Å². The first-order valence-electron chi connectivity index (χ1n) is 5.20. The van der Waals surface area contributed by atoms with Crippen molar-refractivity contribution in [1.82, 2.24) is 5.32 Å². The van der Waals surface area contributed by atoms with E-state index >= 15 is 0 Å². The van der Waals surface area contributed by atoms with Crippen LogP contribution in [0, 0.1) is 5.92 Å². The minimum Gasteiger partial charge on any atom is -0.381 e. The standard InChI is InChI=1S/C10H19NO2/c1-2-7-13-8-3-6-11-10(12)9-4-5-9/h9H,2-8H2,1H3,(H,11,12). The molecule has 1 aliphatic rings. The molecule has 0 heterocycles. The van der Waals surface area contributed by atoms with Gasteiger partial charge in [0.25, 0.3) is 0 Å². The second-order valence-corrected chi connectivity index (χ2v) is 3.53. The molecule has 1 N–H and O–H groups in total. The summed E-state index contributed by atoms with van der Waals surface area (Å²) in [5, 5.41) is 2.90. The summed E-state index contributed by atoms with van der Waals surface area (Å²) in [6, 6.07) is 0. The molecule has 0 radical (unpaired) electrons. The first-order valence-corrected chi connectivity index (χ1v) is 5.20. The molecule has 3 heteroatoms. The number of carbonyl (C=O) groups excluding carboxylic acids is 1. The van der Waals surface area contributed by atoms with Crippen molar-refractivity contribution in [2.75, 3.05) is 19.8 Å². The van der Waals surface area contributed by atoms with Crippen molar-refractivity contribution >= 4 is 5.91 Å². The van der Waals surface area contributed by atoms with Crippen LogP contribution in [0.15, 0.2) is 0 Å². The van der Waals surface area contributed by atoms with Crippen LogP contribution in [0.3, 0.4) is 0 Å². The lowest BCUT2D eigenvalue weighted by molar-refractivity contribution is -0.122. The van der Waals surface area contributed by atoms with E-state index < -0.39 is 0 Å². The summed E-state index contributed by atoms with van der Waals surface area (Å²) in [5.74, 6) is 0.562. The van der Waals surface area contributed by atoms with Crippen molar-refractivity contribution < 1.29 is 9.53 Å². The molecule has 0 atom stereocenters. The normalized spacial score (nSPS) is 15.8. The van der Waals surface area contributed by atoms with Crippen molar-refractivity contribution in [3.8, 4) is 0 Å². The molecule has 0 aromatic carbocycles. The molecule has 13 heavy (non-hydrogen) atoms. The smallest absolute Gasteiger partial charge is 0.223 e. The molecule has 0 unspecified atom stereocenters. The van der Waals surface area contributed by atoms with Gasteiger partial charge < -0.3 is 10.1 Å². The van der Waals surface area contributed by atoms with Gasteiger partial charge in [-0.2, -0.15) is 0 Å². The summed E-state index contributed by atoms with van der Waals surface area (Å²) in [6.07, 6.45) is 4.16. The van der Waals surface area contributed by atoms with E-state index in [1.165, 1.54) is 0 Å². The quantitative estimate of drug-likeness (QED) is 0.608. The summed E-state index contributed by atoms with van der Waals surface area (Å²) < 4.78 is 5.29. The molecule has 0 saturated heterocycles. The lowest BCUT2D eigenvalue weighted by Crippen LogP contribution is -2.26. The monoisotopic (exact) mass is 185 g/mol. The van der Waals surface area contributed by atoms with Gasteiger partial charge in [0.15, 0.2) is 0 Å². The van der Waals surface area contributed by atoms with Gasteiger partial charge in [-0.05, 0) is 25.7 Å². The van der Waals surface area contributed by atoms with Gasteiger partial charge in [0.1, 0.15) is 0 Å². The fourth-order valence-electron chi connectivity index (χ4n) is 1.12. The molecular weight excluding hydrogens is 166 g/mol. The van der Waals surface area contributed by atoms with E-state index in [0.717, 1.165) is 45.4 Å². The van der Waals surface area contributed by atoms with Gasteiger partial charge in [-0.15, -0.1) is 0 Å². The Bertz CT molecular complexity index is 155. The third-order valence-corrected chi connectivity index (χ3v) is 2.06. The highest BCUT2D eigenvalue weighted by Gasteiger charge is 2.28. The molecule has 0 bridgehead atoms. The van der Waals surface area contributed by atoms with E-state index in [-0.39, 0.29) is 5.91 Å². The molecule has 0 aliphatic heterocycles. The zero-order chi connectivity index (χ0) is 9.52. The molecule has 0 aromatic heterocycles. The predicted octanol–water partition coefficient (Wildman–Crippen LogP) is 1.33. The third-order valence-electron chi connectivity index (χ3n) is 2.06. The highest BCUT2D eigenvalue weighted by atomic mass is 16.5. The maximum atomic E-state index is 11.1. The lowest BCUT2D eigenvalue weighted by Gasteiger charge is -2.04. The first-order chi connectivity index (χ1) is 6.34. The lowest BCUT2D eigenvalue weighted by atomic mass is 10.3. The minimum atomic E-state index is 0.232. The van der Waals surface area contributed by atoms with E-state index in [0.29, 0.717) is 5.92 Å². The average Bonchev–Trinajstić information content (AvgIpc) is 2.93. The molecule has 76 valence electrons. The van der Waals surface area contributed by atoms with Crippen molar-refractivity contribution in [1.29, 1.82) is 0 Å². The van der Waals surface area contributed by atoms with Crippen LogP contribution >= 0.6 is 0 Å². The fraction of sp³-hybridized carbons (Fsp3) is 0.900. The molecule has 1 aliphatic carbocycles. The van der Waals surface area contributed by atoms with Gasteiger partial charge in [0.05, 0.1) is 0 Å². The van der Waals surface area contributed by atoms with Crippen LogP contribution < -0.4 is 5.32 Å². The Morgan fingerprint density at radius 1 is 1.46 bits per heavy atom. The third kappa shape index (κ3) is 4.88. The number of carbonyl (C=O) groups is 1. The number of amides is 1. The number of nitrogens with one attached hydrogen (secondary N) is 1. The summed E-state index contributed by atoms with van der Waals surface area (Å²) in [5.41, 5.74) is 0. The Morgan fingerprint density at radius 2 is 2.23 bits per heavy atom. The number of hydrogen-bond donors (Lipinski definition) is 1. The van der Waals surface area contributed by atoms with Gasteiger partial charge in [0.2, 0.25) is 5.91 Å². The van der Waals surface area contributed by atoms with Crippen LogP contribution in [0.25, 0.3) is 0 Å². The van der Waals surface area contributed by atoms with Crippen LogP contribution in [0.1, 0.15) is 32.6 Å². The SMILES string of the molecule is CCCOCCCNC(=O)C1CC1. The van der Waals surface area contributed by atoms with Crippen molar-refractivity contribution in [2.45, 2.75) is 32.6 Å². The van der Waals surface area contributed by atoms with Crippen LogP contribution in [-0.2, 0) is 9.53 Å². The summed E-state index contributed by atoms with van der Waals surface area (Å²) >= 11 is 0. The van der Waals surface area contributed by atoms with Crippen molar-refractivity contribution in [3.05, 3.63) is 0 Å². The number of hydrogen-bond acceptors (Lipinski definition) is 2. The Morgan fingerprint density at radius 3 is 2.85 bits per heavy atom. The van der Waals surface area contributed by atoms with Crippen molar-refractivity contribution in [2.24, 2.45) is 5.92 Å². The molecule has 1 rings (SSSR count). The summed E-state index contributed by atoms with van der Waals surface area (Å²) in [7, 11) is 0. The molecular formula is C10H19NO2. The van der Waals surface area contributed by atoms with Gasteiger partial charge in [-0.3, -0.25) is 4.79 Å². The van der Waals surface area contributed by atoms with Crippen LogP contribution in [0.5, 0.6) is 0 Å². The second kappa shape index (κ2) is 5.97. The highest BCUT2D eigenvalue weighted by molar-refractivity contribution is 5.80. The minimum absolute atomic E-state index is 0.232. The number of rotatable bonds is 7. The van der Waals surface area contributed by atoms with Gasteiger partial charge in [-0.25, -0.2) is 0 Å². The summed E-state index contributed by atoms with van der Waals surface area (Å²) in [4.78, 5) is 11.1. The van der Waals surface area contributed by atoms with E-state index in [1.54, 1.807) is 0 Å². The van der Waals surface area contributed by atoms with E-state index in [4.69, 9.17) is 4.74 Å². The molecule has 1 fully saturated rings. The van der Waals surface area contributed by atoms with E-state index in [9.17, 15) is 4.79 Å². The zero-order valence-electron chi connectivity index (χ0n) is 8.34. The van der Waals surface area contributed by atoms with Gasteiger partial charge in [0, 0.05) is 25.7 Å². The maximum absolute atomic E-state index is 11.1. The second-order valence-electron chi connectivity index (χ2n) is 3.53. The van der Waals surface area contributed by atoms with E-state index in [1.807, 2.05) is 0 Å². The number of ether oxygens (including phenoxy) is 1. The highest BCUT2D eigenvalue weighted by Crippen LogP contribution is 2.28. The summed E-state index contributed by atoms with van der Waals surface area (Å²) in [6.45, 7) is 4.45. The zero-order valence-corrected chi connectivity index (χ0v) is 8.34. The maximum Gasteiger partial charge on any atom is 0.223 e. The molecule has 0 spiro atoms. The average molecular weight is 185 g/mol. The topological polar surface area (TPSA) is 38.3 Å².